The number of aromatic nitrogens is 1. The first kappa shape index (κ1) is 14.8. The third kappa shape index (κ3) is 3.96. The summed E-state index contributed by atoms with van der Waals surface area (Å²) < 4.78 is 26.2. The van der Waals surface area contributed by atoms with E-state index in [1.54, 1.807) is 0 Å². The summed E-state index contributed by atoms with van der Waals surface area (Å²) >= 11 is 0. The molecule has 1 aliphatic heterocycles. The number of piperidine rings is 1. The molecule has 0 aliphatic carbocycles. The highest BCUT2D eigenvalue weighted by atomic mass is 19.2. The minimum absolute atomic E-state index is 0.296. The van der Waals surface area contributed by atoms with E-state index in [1.165, 1.54) is 25.3 Å². The summed E-state index contributed by atoms with van der Waals surface area (Å²) in [5.41, 5.74) is -0.296. The zero-order chi connectivity index (χ0) is 14.4. The van der Waals surface area contributed by atoms with Crippen molar-refractivity contribution in [1.82, 2.24) is 15.2 Å². The number of rotatable bonds is 5. The molecule has 1 N–H and O–H groups in total. The molecule has 0 aromatic carbocycles. The highest BCUT2D eigenvalue weighted by Crippen LogP contribution is 2.09. The van der Waals surface area contributed by atoms with Gasteiger partial charge in [0.25, 0.3) is 5.91 Å². The smallest absolute Gasteiger partial charge is 0.254 e. The van der Waals surface area contributed by atoms with E-state index in [4.69, 9.17) is 0 Å². The number of hydrogen-bond donors (Lipinski definition) is 1. The maximum atomic E-state index is 13.3. The van der Waals surface area contributed by atoms with Crippen LogP contribution in [0, 0.1) is 11.8 Å². The summed E-state index contributed by atoms with van der Waals surface area (Å²) in [4.78, 5) is 17.2. The number of pyridine rings is 1. The number of carbonyl (C=O) groups is 1. The summed E-state index contributed by atoms with van der Waals surface area (Å²) in [6, 6.07) is 1.18. The Morgan fingerprint density at radius 3 is 2.80 bits per heavy atom. The first-order chi connectivity index (χ1) is 9.68. The lowest BCUT2D eigenvalue weighted by molar-refractivity contribution is 0.0945. The van der Waals surface area contributed by atoms with Crippen LogP contribution in [0.4, 0.5) is 8.78 Å². The number of amides is 1. The second-order valence-electron chi connectivity index (χ2n) is 4.98. The Hall–Kier alpha value is -1.56. The van der Waals surface area contributed by atoms with Crippen LogP contribution in [-0.4, -0.2) is 42.0 Å². The lowest BCUT2D eigenvalue weighted by Gasteiger charge is -2.26. The van der Waals surface area contributed by atoms with Gasteiger partial charge in [-0.1, -0.05) is 6.42 Å². The van der Waals surface area contributed by atoms with Crippen molar-refractivity contribution in [3.63, 3.8) is 0 Å². The van der Waals surface area contributed by atoms with Crippen molar-refractivity contribution in [2.24, 2.45) is 0 Å². The number of carbonyl (C=O) groups excluding carboxylic acids is 1. The Kier molecular flexibility index (Phi) is 5.40. The van der Waals surface area contributed by atoms with E-state index in [2.05, 4.69) is 15.2 Å². The molecular formula is C14H19F2N3O. The molecule has 1 aromatic rings. The molecule has 2 heterocycles. The molecule has 6 heteroatoms. The molecule has 20 heavy (non-hydrogen) atoms. The number of nitrogens with one attached hydrogen (secondary N) is 1. The van der Waals surface area contributed by atoms with E-state index in [1.807, 2.05) is 0 Å². The van der Waals surface area contributed by atoms with Crippen molar-refractivity contribution in [2.75, 3.05) is 26.2 Å². The molecular weight excluding hydrogens is 264 g/mol. The van der Waals surface area contributed by atoms with Crippen LogP contribution < -0.4 is 5.32 Å². The SMILES string of the molecule is O=C(NCCCN1CCCCC1)c1ccnc(F)c1F. The molecule has 2 rings (SSSR count). The number of likely N-dealkylation sites (tertiary alicyclic amines) is 1. The van der Waals surface area contributed by atoms with Crippen molar-refractivity contribution in [3.8, 4) is 0 Å². The molecule has 0 saturated carbocycles. The van der Waals surface area contributed by atoms with Gasteiger partial charge in [-0.25, -0.2) is 9.37 Å². The van der Waals surface area contributed by atoms with E-state index >= 15 is 0 Å². The highest BCUT2D eigenvalue weighted by molar-refractivity contribution is 5.94. The summed E-state index contributed by atoms with van der Waals surface area (Å²) in [5.74, 6) is -3.03. The third-order valence-electron chi connectivity index (χ3n) is 3.48. The van der Waals surface area contributed by atoms with Gasteiger partial charge in [0.1, 0.15) is 0 Å². The minimum atomic E-state index is -1.24. The molecule has 0 spiro atoms. The van der Waals surface area contributed by atoms with Crippen LogP contribution in [0.2, 0.25) is 0 Å². The van der Waals surface area contributed by atoms with Gasteiger partial charge in [-0.05, 0) is 45.0 Å². The van der Waals surface area contributed by atoms with Crippen LogP contribution in [0.1, 0.15) is 36.0 Å². The number of halogens is 2. The first-order valence-corrected chi connectivity index (χ1v) is 6.99. The highest BCUT2D eigenvalue weighted by Gasteiger charge is 2.15. The van der Waals surface area contributed by atoms with Crippen molar-refractivity contribution in [2.45, 2.75) is 25.7 Å². The standard InChI is InChI=1S/C14H19F2N3O/c15-12-11(5-7-17-13(12)16)14(20)18-6-4-10-19-8-2-1-3-9-19/h5,7H,1-4,6,8-10H2,(H,18,20). The van der Waals surface area contributed by atoms with Gasteiger partial charge in [0.05, 0.1) is 5.56 Å². The average Bonchev–Trinajstić information content (AvgIpc) is 2.47. The van der Waals surface area contributed by atoms with E-state index < -0.39 is 17.7 Å². The second kappa shape index (κ2) is 7.28. The van der Waals surface area contributed by atoms with Crippen LogP contribution in [0.25, 0.3) is 0 Å². The zero-order valence-corrected chi connectivity index (χ0v) is 11.4. The molecule has 1 amide bonds. The second-order valence-corrected chi connectivity index (χ2v) is 4.98. The topological polar surface area (TPSA) is 45.2 Å². The van der Waals surface area contributed by atoms with Crippen LogP contribution in [-0.2, 0) is 0 Å². The van der Waals surface area contributed by atoms with E-state index in [0.717, 1.165) is 32.3 Å². The van der Waals surface area contributed by atoms with Crippen molar-refractivity contribution in [1.29, 1.82) is 0 Å². The molecule has 1 fully saturated rings. The molecule has 0 unspecified atom stereocenters. The number of nitrogens with zero attached hydrogens (tertiary/aromatic N) is 2. The van der Waals surface area contributed by atoms with E-state index in [9.17, 15) is 13.6 Å². The fourth-order valence-corrected chi connectivity index (χ4v) is 2.38. The van der Waals surface area contributed by atoms with E-state index in [-0.39, 0.29) is 5.56 Å². The molecule has 110 valence electrons. The van der Waals surface area contributed by atoms with Gasteiger partial charge in [0.2, 0.25) is 5.95 Å². The monoisotopic (exact) mass is 283 g/mol. The zero-order valence-electron chi connectivity index (χ0n) is 11.4. The Balaban J connectivity index is 1.73. The van der Waals surface area contributed by atoms with Gasteiger partial charge >= 0.3 is 0 Å². The van der Waals surface area contributed by atoms with E-state index in [0.29, 0.717) is 6.54 Å². The predicted octanol–water partition coefficient (Wildman–Crippen LogP) is 1.97. The summed E-state index contributed by atoms with van der Waals surface area (Å²) in [5, 5.41) is 2.61. The van der Waals surface area contributed by atoms with Gasteiger partial charge in [0, 0.05) is 12.7 Å². The molecule has 1 aliphatic rings. The maximum absolute atomic E-state index is 13.3. The Morgan fingerprint density at radius 1 is 1.30 bits per heavy atom. The average molecular weight is 283 g/mol. The number of hydrogen-bond acceptors (Lipinski definition) is 3. The van der Waals surface area contributed by atoms with Gasteiger partial charge in [-0.2, -0.15) is 4.39 Å². The Labute approximate surface area is 117 Å². The van der Waals surface area contributed by atoms with Crippen LogP contribution in [0.3, 0.4) is 0 Å². The summed E-state index contributed by atoms with van der Waals surface area (Å²) in [7, 11) is 0. The molecule has 4 nitrogen and oxygen atoms in total. The summed E-state index contributed by atoms with van der Waals surface area (Å²) in [6.07, 6.45) is 5.64. The molecule has 0 atom stereocenters. The lowest BCUT2D eigenvalue weighted by Crippen LogP contribution is -2.33. The quantitative estimate of drug-likeness (QED) is 0.664. The molecule has 1 saturated heterocycles. The normalized spacial score (nSPS) is 16.1. The first-order valence-electron chi connectivity index (χ1n) is 6.99. The third-order valence-corrected chi connectivity index (χ3v) is 3.48. The van der Waals surface area contributed by atoms with Crippen molar-refractivity contribution in [3.05, 3.63) is 29.6 Å². The largest absolute Gasteiger partial charge is 0.352 e. The van der Waals surface area contributed by atoms with Crippen LogP contribution in [0.5, 0.6) is 0 Å². The Morgan fingerprint density at radius 2 is 2.05 bits per heavy atom. The molecule has 0 bridgehead atoms. The van der Waals surface area contributed by atoms with Crippen molar-refractivity contribution < 1.29 is 13.6 Å². The molecule has 1 aromatic heterocycles. The predicted molar refractivity (Wildman–Crippen MR) is 71.4 cm³/mol. The lowest BCUT2D eigenvalue weighted by atomic mass is 10.1. The van der Waals surface area contributed by atoms with Gasteiger partial charge < -0.3 is 10.2 Å². The van der Waals surface area contributed by atoms with Crippen LogP contribution in [0.15, 0.2) is 12.3 Å². The summed E-state index contributed by atoms with van der Waals surface area (Å²) in [6.45, 7) is 3.60. The molecule has 0 radical (unpaired) electrons. The van der Waals surface area contributed by atoms with Gasteiger partial charge in [-0.3, -0.25) is 4.79 Å². The minimum Gasteiger partial charge on any atom is -0.352 e. The van der Waals surface area contributed by atoms with Crippen LogP contribution >= 0.6 is 0 Å². The maximum Gasteiger partial charge on any atom is 0.254 e. The van der Waals surface area contributed by atoms with Gasteiger partial charge in [-0.15, -0.1) is 0 Å². The fourth-order valence-electron chi connectivity index (χ4n) is 2.38. The fraction of sp³-hybridized carbons (Fsp3) is 0.571. The van der Waals surface area contributed by atoms with Gasteiger partial charge in [0.15, 0.2) is 5.82 Å². The Bertz CT molecular complexity index is 462. The van der Waals surface area contributed by atoms with Crippen molar-refractivity contribution >= 4 is 5.91 Å².